The average Bonchev–Trinajstić information content (AvgIpc) is 2.37. The second kappa shape index (κ2) is 5.47. The lowest BCUT2D eigenvalue weighted by Crippen LogP contribution is -2.23. The van der Waals surface area contributed by atoms with Crippen LogP contribution in [0.2, 0.25) is 0 Å². The van der Waals surface area contributed by atoms with Crippen LogP contribution >= 0.6 is 0 Å². The summed E-state index contributed by atoms with van der Waals surface area (Å²) in [5.41, 5.74) is 4.92. The Morgan fingerprint density at radius 3 is 1.56 bits per heavy atom. The van der Waals surface area contributed by atoms with Gasteiger partial charge in [-0.1, -0.05) is 59.7 Å². The summed E-state index contributed by atoms with van der Waals surface area (Å²) >= 11 is 0. The summed E-state index contributed by atoms with van der Waals surface area (Å²) in [4.78, 5) is 0. The highest BCUT2D eigenvalue weighted by Gasteiger charge is 2.27. The smallest absolute Gasteiger partial charge is 0.0103 e. The van der Waals surface area contributed by atoms with Gasteiger partial charge in [-0.15, -0.1) is 0 Å². The van der Waals surface area contributed by atoms with Crippen LogP contribution < -0.4 is 0 Å². The van der Waals surface area contributed by atoms with Crippen molar-refractivity contribution in [3.05, 3.63) is 41.8 Å². The first-order valence-electron chi connectivity index (χ1n) is 7.22. The monoisotopic (exact) mass is 245 g/mol. The number of hydrogen-bond donors (Lipinski definition) is 0. The van der Waals surface area contributed by atoms with Gasteiger partial charge in [-0.25, -0.2) is 0 Å². The van der Waals surface area contributed by atoms with Gasteiger partial charge in [0.1, 0.15) is 0 Å². The Morgan fingerprint density at radius 2 is 1.28 bits per heavy atom. The van der Waals surface area contributed by atoms with Crippen LogP contribution in [0.5, 0.6) is 0 Å². The zero-order chi connectivity index (χ0) is 14.0. The van der Waals surface area contributed by atoms with Gasteiger partial charge in [-0.2, -0.15) is 0 Å². The normalized spacial score (nSPS) is 12.8. The molecule has 0 nitrogen and oxygen atoms in total. The molecule has 0 atom stereocenters. The molecule has 0 heterocycles. The van der Waals surface area contributed by atoms with E-state index in [0.29, 0.717) is 0 Å². The van der Waals surface area contributed by atoms with Gasteiger partial charge >= 0.3 is 0 Å². The predicted molar refractivity (Wildman–Crippen MR) is 82.1 cm³/mol. The van der Waals surface area contributed by atoms with E-state index in [1.807, 2.05) is 0 Å². The molecule has 0 spiro atoms. The molecular formula is C18H29. The SMILES string of the molecule is [CH2]Cc1c(C(C)(C)CC)cccc1C(C)(C)CC. The van der Waals surface area contributed by atoms with E-state index >= 15 is 0 Å². The Bertz CT molecular complexity index is 362. The number of hydrogen-bond acceptors (Lipinski definition) is 0. The summed E-state index contributed by atoms with van der Waals surface area (Å²) in [6.07, 6.45) is 3.21. The minimum absolute atomic E-state index is 0.243. The van der Waals surface area contributed by atoms with Gasteiger partial charge in [0.05, 0.1) is 0 Å². The lowest BCUT2D eigenvalue weighted by molar-refractivity contribution is 0.481. The van der Waals surface area contributed by atoms with Gasteiger partial charge in [0.25, 0.3) is 0 Å². The fourth-order valence-corrected chi connectivity index (χ4v) is 2.51. The molecule has 0 N–H and O–H groups in total. The van der Waals surface area contributed by atoms with Gasteiger partial charge in [0.2, 0.25) is 0 Å². The van der Waals surface area contributed by atoms with E-state index in [9.17, 15) is 0 Å². The topological polar surface area (TPSA) is 0 Å². The van der Waals surface area contributed by atoms with Crippen LogP contribution in [-0.2, 0) is 17.3 Å². The van der Waals surface area contributed by atoms with Crippen LogP contribution in [0.1, 0.15) is 71.1 Å². The van der Waals surface area contributed by atoms with Crippen LogP contribution in [0.15, 0.2) is 18.2 Å². The molecule has 0 heteroatoms. The van der Waals surface area contributed by atoms with Crippen molar-refractivity contribution in [3.8, 4) is 0 Å². The quantitative estimate of drug-likeness (QED) is 0.648. The molecule has 101 valence electrons. The first kappa shape index (κ1) is 15.3. The molecular weight excluding hydrogens is 216 g/mol. The van der Waals surface area contributed by atoms with Crippen LogP contribution in [-0.4, -0.2) is 0 Å². The number of rotatable bonds is 5. The maximum Gasteiger partial charge on any atom is -0.0103 e. The van der Waals surface area contributed by atoms with E-state index in [-0.39, 0.29) is 10.8 Å². The van der Waals surface area contributed by atoms with Gasteiger partial charge in [0, 0.05) is 0 Å². The van der Waals surface area contributed by atoms with E-state index in [1.54, 1.807) is 0 Å². The van der Waals surface area contributed by atoms with Crippen molar-refractivity contribution in [2.45, 2.75) is 71.6 Å². The predicted octanol–water partition coefficient (Wildman–Crippen LogP) is 5.44. The number of benzene rings is 1. The van der Waals surface area contributed by atoms with Gasteiger partial charge < -0.3 is 0 Å². The van der Waals surface area contributed by atoms with Crippen LogP contribution in [0.4, 0.5) is 0 Å². The molecule has 1 aromatic carbocycles. The summed E-state index contributed by atoms with van der Waals surface area (Å²) in [7, 11) is 0. The molecule has 0 fully saturated rings. The molecule has 1 radical (unpaired) electrons. The van der Waals surface area contributed by atoms with E-state index < -0.39 is 0 Å². The lowest BCUT2D eigenvalue weighted by atomic mass is 9.72. The van der Waals surface area contributed by atoms with E-state index in [1.165, 1.54) is 16.7 Å². The van der Waals surface area contributed by atoms with Crippen molar-refractivity contribution >= 4 is 0 Å². The standard InChI is InChI=1S/C18H29/c1-8-14-15(17(4,5)9-2)12-11-13-16(14)18(6,7)10-3/h11-13H,1,8-10H2,2-7H3. The molecule has 0 saturated carbocycles. The first-order valence-corrected chi connectivity index (χ1v) is 7.22. The second-order valence-corrected chi connectivity index (χ2v) is 6.56. The fourth-order valence-electron chi connectivity index (χ4n) is 2.51. The molecule has 0 aliphatic carbocycles. The van der Waals surface area contributed by atoms with Gasteiger partial charge in [-0.3, -0.25) is 0 Å². The van der Waals surface area contributed by atoms with E-state index in [0.717, 1.165) is 19.3 Å². The zero-order valence-electron chi connectivity index (χ0n) is 13.1. The van der Waals surface area contributed by atoms with Crippen molar-refractivity contribution in [3.63, 3.8) is 0 Å². The molecule has 0 bridgehead atoms. The summed E-state index contributed by atoms with van der Waals surface area (Å²) < 4.78 is 0. The van der Waals surface area contributed by atoms with Gasteiger partial charge in [-0.05, 0) is 53.7 Å². The summed E-state index contributed by atoms with van der Waals surface area (Å²) in [5.74, 6) is 0. The van der Waals surface area contributed by atoms with Crippen LogP contribution in [0.25, 0.3) is 0 Å². The third-order valence-corrected chi connectivity index (χ3v) is 4.65. The molecule has 1 aromatic rings. The molecule has 0 aromatic heterocycles. The minimum atomic E-state index is 0.243. The van der Waals surface area contributed by atoms with Gasteiger partial charge in [0.15, 0.2) is 0 Å². The molecule has 0 unspecified atom stereocenters. The summed E-state index contributed by atoms with van der Waals surface area (Å²) in [6, 6.07) is 6.80. The second-order valence-electron chi connectivity index (χ2n) is 6.56. The Balaban J connectivity index is 3.45. The molecule has 0 aliphatic heterocycles. The summed E-state index contributed by atoms with van der Waals surface area (Å²) in [6.45, 7) is 18.1. The molecule has 0 aliphatic rings. The molecule has 0 amide bonds. The Morgan fingerprint density at radius 1 is 0.889 bits per heavy atom. The highest BCUT2D eigenvalue weighted by Crippen LogP contribution is 2.37. The fraction of sp³-hybridized carbons (Fsp3) is 0.611. The average molecular weight is 245 g/mol. The summed E-state index contributed by atoms with van der Waals surface area (Å²) in [5, 5.41) is 0. The van der Waals surface area contributed by atoms with Crippen LogP contribution in [0.3, 0.4) is 0 Å². The molecule has 0 saturated heterocycles. The van der Waals surface area contributed by atoms with Crippen molar-refractivity contribution in [1.82, 2.24) is 0 Å². The molecule has 18 heavy (non-hydrogen) atoms. The maximum absolute atomic E-state index is 4.17. The van der Waals surface area contributed by atoms with E-state index in [4.69, 9.17) is 0 Å². The van der Waals surface area contributed by atoms with Crippen molar-refractivity contribution < 1.29 is 0 Å². The van der Waals surface area contributed by atoms with Crippen molar-refractivity contribution in [2.24, 2.45) is 0 Å². The maximum atomic E-state index is 4.17. The van der Waals surface area contributed by atoms with Crippen LogP contribution in [0, 0.1) is 6.92 Å². The highest BCUT2D eigenvalue weighted by molar-refractivity contribution is 5.43. The first-order chi connectivity index (χ1) is 8.30. The Hall–Kier alpha value is -0.780. The lowest BCUT2D eigenvalue weighted by Gasteiger charge is -2.32. The minimum Gasteiger partial charge on any atom is -0.0646 e. The largest absolute Gasteiger partial charge is 0.0646 e. The molecule has 1 rings (SSSR count). The highest BCUT2D eigenvalue weighted by atomic mass is 14.3. The Labute approximate surface area is 114 Å². The van der Waals surface area contributed by atoms with Crippen molar-refractivity contribution in [2.75, 3.05) is 0 Å². The van der Waals surface area contributed by atoms with Crippen molar-refractivity contribution in [1.29, 1.82) is 0 Å². The van der Waals surface area contributed by atoms with E-state index in [2.05, 4.69) is 66.7 Å². The Kier molecular flexibility index (Phi) is 4.64. The third kappa shape index (κ3) is 2.79. The third-order valence-electron chi connectivity index (χ3n) is 4.65. The zero-order valence-corrected chi connectivity index (χ0v) is 13.1.